The first-order valence-electron chi connectivity index (χ1n) is 5.25. The van der Waals surface area contributed by atoms with E-state index in [1.54, 1.807) is 13.0 Å². The Bertz CT molecular complexity index is 461. The Morgan fingerprint density at radius 1 is 1.50 bits per heavy atom. The number of halogens is 1. The number of carboxylic acid groups (broad SMARTS) is 1. The molecule has 6 heteroatoms. The van der Waals surface area contributed by atoms with E-state index in [0.29, 0.717) is 0 Å². The molecule has 0 aliphatic rings. The van der Waals surface area contributed by atoms with Crippen LogP contribution in [0.25, 0.3) is 0 Å². The molecule has 18 heavy (non-hydrogen) atoms. The molecular weight excluding hydrogens is 241 g/mol. The number of aryl methyl sites for hydroxylation is 1. The fourth-order valence-corrected chi connectivity index (χ4v) is 1.37. The van der Waals surface area contributed by atoms with E-state index in [-0.39, 0.29) is 12.1 Å². The standard InChI is InChI=1S/C12H14FNO4/c1-7-3-4-9(13)8(5-7)11(15)14-6-10(18-2)12(16)17/h3-5,10H,6H2,1-2H3,(H,14,15)(H,16,17). The molecule has 0 radical (unpaired) electrons. The zero-order chi connectivity index (χ0) is 13.7. The third-order valence-electron chi connectivity index (χ3n) is 2.37. The Hall–Kier alpha value is -1.95. The lowest BCUT2D eigenvalue weighted by atomic mass is 10.1. The number of aliphatic carboxylic acids is 1. The van der Waals surface area contributed by atoms with E-state index >= 15 is 0 Å². The number of amides is 1. The van der Waals surface area contributed by atoms with Crippen LogP contribution in [-0.2, 0) is 9.53 Å². The molecule has 0 saturated carbocycles. The normalized spacial score (nSPS) is 11.9. The van der Waals surface area contributed by atoms with Gasteiger partial charge in [0, 0.05) is 7.11 Å². The zero-order valence-corrected chi connectivity index (χ0v) is 10.1. The van der Waals surface area contributed by atoms with Crippen LogP contribution in [0.1, 0.15) is 15.9 Å². The molecule has 1 aromatic rings. The average Bonchev–Trinajstić information content (AvgIpc) is 2.32. The highest BCUT2D eigenvalue weighted by Crippen LogP contribution is 2.09. The van der Waals surface area contributed by atoms with Crippen molar-refractivity contribution in [3.05, 3.63) is 35.1 Å². The topological polar surface area (TPSA) is 75.6 Å². The van der Waals surface area contributed by atoms with Crippen molar-refractivity contribution in [2.24, 2.45) is 0 Å². The van der Waals surface area contributed by atoms with E-state index in [0.717, 1.165) is 5.56 Å². The first kappa shape index (κ1) is 14.1. The van der Waals surface area contributed by atoms with Crippen molar-refractivity contribution in [1.29, 1.82) is 0 Å². The predicted octanol–water partition coefficient (Wildman–Crippen LogP) is 0.964. The van der Waals surface area contributed by atoms with Gasteiger partial charge in [0.05, 0.1) is 12.1 Å². The number of carbonyl (C=O) groups is 2. The maximum absolute atomic E-state index is 13.4. The average molecular weight is 255 g/mol. The van der Waals surface area contributed by atoms with E-state index in [1.807, 2.05) is 0 Å². The van der Waals surface area contributed by atoms with E-state index in [9.17, 15) is 14.0 Å². The Kier molecular flexibility index (Phi) is 4.79. The van der Waals surface area contributed by atoms with Crippen LogP contribution in [0.4, 0.5) is 4.39 Å². The van der Waals surface area contributed by atoms with Crippen LogP contribution in [-0.4, -0.2) is 36.7 Å². The van der Waals surface area contributed by atoms with Gasteiger partial charge in [-0.25, -0.2) is 9.18 Å². The summed E-state index contributed by atoms with van der Waals surface area (Å²) in [7, 11) is 1.22. The van der Waals surface area contributed by atoms with E-state index < -0.39 is 23.8 Å². The molecule has 0 fully saturated rings. The van der Waals surface area contributed by atoms with Crippen molar-refractivity contribution in [2.75, 3.05) is 13.7 Å². The molecule has 5 nitrogen and oxygen atoms in total. The van der Waals surface area contributed by atoms with Crippen molar-refractivity contribution in [1.82, 2.24) is 5.32 Å². The minimum atomic E-state index is -1.19. The van der Waals surface area contributed by atoms with Crippen LogP contribution in [0, 0.1) is 12.7 Å². The van der Waals surface area contributed by atoms with Gasteiger partial charge in [-0.05, 0) is 19.1 Å². The van der Waals surface area contributed by atoms with Gasteiger partial charge >= 0.3 is 5.97 Å². The highest BCUT2D eigenvalue weighted by molar-refractivity contribution is 5.94. The summed E-state index contributed by atoms with van der Waals surface area (Å²) in [5.41, 5.74) is 0.623. The molecule has 98 valence electrons. The molecule has 1 aromatic carbocycles. The van der Waals surface area contributed by atoms with Crippen LogP contribution in [0.3, 0.4) is 0 Å². The van der Waals surface area contributed by atoms with Crippen LogP contribution < -0.4 is 5.32 Å². The Balaban J connectivity index is 2.71. The van der Waals surface area contributed by atoms with Gasteiger partial charge in [0.25, 0.3) is 5.91 Å². The van der Waals surface area contributed by atoms with Gasteiger partial charge in [-0.15, -0.1) is 0 Å². The molecule has 0 aromatic heterocycles. The molecule has 0 bridgehead atoms. The highest BCUT2D eigenvalue weighted by atomic mass is 19.1. The summed E-state index contributed by atoms with van der Waals surface area (Å²) in [6, 6.07) is 4.13. The number of nitrogens with one attached hydrogen (secondary N) is 1. The number of hydrogen-bond donors (Lipinski definition) is 2. The van der Waals surface area contributed by atoms with Gasteiger partial charge in [0.1, 0.15) is 5.82 Å². The number of carboxylic acids is 1. The molecule has 1 rings (SSSR count). The van der Waals surface area contributed by atoms with Gasteiger partial charge in [-0.1, -0.05) is 11.6 Å². The Labute approximate surface area is 104 Å². The summed E-state index contributed by atoms with van der Waals surface area (Å²) in [5, 5.41) is 11.0. The van der Waals surface area contributed by atoms with Crippen LogP contribution in [0.2, 0.25) is 0 Å². The summed E-state index contributed by atoms with van der Waals surface area (Å²) in [6.07, 6.45) is -1.15. The molecule has 0 aliphatic heterocycles. The van der Waals surface area contributed by atoms with Gasteiger partial charge < -0.3 is 15.2 Å². The number of carbonyl (C=O) groups excluding carboxylic acids is 1. The maximum atomic E-state index is 13.4. The fraction of sp³-hybridized carbons (Fsp3) is 0.333. The fourth-order valence-electron chi connectivity index (χ4n) is 1.37. The quantitative estimate of drug-likeness (QED) is 0.821. The molecule has 1 unspecified atom stereocenters. The zero-order valence-electron chi connectivity index (χ0n) is 10.1. The summed E-state index contributed by atoms with van der Waals surface area (Å²) in [6.45, 7) is 1.50. The monoisotopic (exact) mass is 255 g/mol. The Morgan fingerprint density at radius 3 is 2.72 bits per heavy atom. The molecule has 2 N–H and O–H groups in total. The molecule has 1 amide bonds. The lowest BCUT2D eigenvalue weighted by Gasteiger charge is -2.12. The summed E-state index contributed by atoms with van der Waals surface area (Å²) in [5.74, 6) is -2.51. The maximum Gasteiger partial charge on any atom is 0.334 e. The molecule has 0 aliphatic carbocycles. The lowest BCUT2D eigenvalue weighted by Crippen LogP contribution is -2.38. The second-order valence-corrected chi connectivity index (χ2v) is 3.76. The largest absolute Gasteiger partial charge is 0.479 e. The SMILES string of the molecule is COC(CNC(=O)c1cc(C)ccc1F)C(=O)O. The van der Waals surface area contributed by atoms with Gasteiger partial charge in [-0.2, -0.15) is 0 Å². The molecule has 0 spiro atoms. The van der Waals surface area contributed by atoms with E-state index in [2.05, 4.69) is 10.1 Å². The van der Waals surface area contributed by atoms with Gasteiger partial charge in [0.2, 0.25) is 0 Å². The molecule has 0 saturated heterocycles. The van der Waals surface area contributed by atoms with Gasteiger partial charge in [0.15, 0.2) is 6.10 Å². The van der Waals surface area contributed by atoms with Crippen LogP contribution in [0.15, 0.2) is 18.2 Å². The number of ether oxygens (including phenoxy) is 1. The second kappa shape index (κ2) is 6.11. The van der Waals surface area contributed by atoms with Crippen molar-refractivity contribution in [3.63, 3.8) is 0 Å². The van der Waals surface area contributed by atoms with Crippen molar-refractivity contribution in [2.45, 2.75) is 13.0 Å². The second-order valence-electron chi connectivity index (χ2n) is 3.76. The molecule has 1 atom stereocenters. The summed E-state index contributed by atoms with van der Waals surface area (Å²) >= 11 is 0. The summed E-state index contributed by atoms with van der Waals surface area (Å²) < 4.78 is 18.0. The minimum Gasteiger partial charge on any atom is -0.479 e. The van der Waals surface area contributed by atoms with E-state index in [1.165, 1.54) is 19.2 Å². The number of methoxy groups -OCH3 is 1. The first-order valence-corrected chi connectivity index (χ1v) is 5.25. The van der Waals surface area contributed by atoms with Crippen molar-refractivity contribution in [3.8, 4) is 0 Å². The van der Waals surface area contributed by atoms with E-state index in [4.69, 9.17) is 5.11 Å². The smallest absolute Gasteiger partial charge is 0.334 e. The lowest BCUT2D eigenvalue weighted by molar-refractivity contribution is -0.148. The van der Waals surface area contributed by atoms with Crippen molar-refractivity contribution < 1.29 is 23.8 Å². The molecular formula is C12H14FNO4. The first-order chi connectivity index (χ1) is 8.45. The number of rotatable bonds is 5. The predicted molar refractivity (Wildman–Crippen MR) is 61.9 cm³/mol. The van der Waals surface area contributed by atoms with Crippen molar-refractivity contribution >= 4 is 11.9 Å². The minimum absolute atomic E-state index is 0.116. The van der Waals surface area contributed by atoms with Crippen LogP contribution >= 0.6 is 0 Å². The molecule has 0 heterocycles. The Morgan fingerprint density at radius 2 is 2.17 bits per heavy atom. The third-order valence-corrected chi connectivity index (χ3v) is 2.37. The highest BCUT2D eigenvalue weighted by Gasteiger charge is 2.19. The third kappa shape index (κ3) is 3.53. The van der Waals surface area contributed by atoms with Gasteiger partial charge in [-0.3, -0.25) is 4.79 Å². The number of benzene rings is 1. The van der Waals surface area contributed by atoms with Crippen LogP contribution in [0.5, 0.6) is 0 Å². The number of hydrogen-bond acceptors (Lipinski definition) is 3. The summed E-state index contributed by atoms with van der Waals surface area (Å²) in [4.78, 5) is 22.3.